The first-order chi connectivity index (χ1) is 12.0. The maximum Gasteiger partial charge on any atom is 0.252 e. The van der Waals surface area contributed by atoms with Crippen LogP contribution in [0, 0.1) is 11.8 Å². The Morgan fingerprint density at radius 3 is 2.12 bits per heavy atom. The van der Waals surface area contributed by atoms with Crippen molar-refractivity contribution in [3.63, 3.8) is 0 Å². The number of hydrogen-bond donors (Lipinski definition) is 2. The van der Waals surface area contributed by atoms with Crippen LogP contribution in [0.2, 0.25) is 0 Å². The molecule has 0 aliphatic carbocycles. The van der Waals surface area contributed by atoms with Gasteiger partial charge in [-0.05, 0) is 36.4 Å². The molecule has 2 aromatic carbocycles. The van der Waals surface area contributed by atoms with Crippen LogP contribution in [-0.2, 0) is 0 Å². The van der Waals surface area contributed by atoms with E-state index in [0.717, 1.165) is 5.56 Å². The molecular formula is C19H18N2O4. The molecule has 0 heterocycles. The number of hydrogen-bond acceptors (Lipinski definition) is 4. The molecule has 0 bridgehead atoms. The molecule has 0 fully saturated rings. The minimum Gasteiger partial charge on any atom is -0.497 e. The second kappa shape index (κ2) is 8.41. The van der Waals surface area contributed by atoms with E-state index in [2.05, 4.69) is 17.2 Å². The van der Waals surface area contributed by atoms with Crippen molar-refractivity contribution in [2.45, 2.75) is 0 Å². The van der Waals surface area contributed by atoms with Crippen LogP contribution >= 0.6 is 0 Å². The van der Waals surface area contributed by atoms with Crippen molar-refractivity contribution in [3.8, 4) is 23.3 Å². The molecule has 2 rings (SSSR count). The number of primary amides is 1. The zero-order chi connectivity index (χ0) is 18.2. The van der Waals surface area contributed by atoms with E-state index in [-0.39, 0.29) is 12.5 Å². The second-order valence-corrected chi connectivity index (χ2v) is 5.03. The molecule has 128 valence electrons. The van der Waals surface area contributed by atoms with Crippen LogP contribution in [0.4, 0.5) is 0 Å². The van der Waals surface area contributed by atoms with Crippen LogP contribution in [0.25, 0.3) is 0 Å². The van der Waals surface area contributed by atoms with Crippen LogP contribution in [0.1, 0.15) is 26.3 Å². The van der Waals surface area contributed by atoms with Crippen molar-refractivity contribution >= 4 is 11.8 Å². The minimum absolute atomic E-state index is 0.177. The Hall–Kier alpha value is -3.46. The molecule has 0 aliphatic heterocycles. The maximum absolute atomic E-state index is 12.2. The molecule has 2 amide bonds. The summed E-state index contributed by atoms with van der Waals surface area (Å²) >= 11 is 0. The van der Waals surface area contributed by atoms with Crippen LogP contribution in [0.3, 0.4) is 0 Å². The van der Waals surface area contributed by atoms with Crippen LogP contribution in [0.15, 0.2) is 42.5 Å². The Morgan fingerprint density at radius 1 is 1.00 bits per heavy atom. The standard InChI is InChI=1S/C19H18N2O4/c1-24-16-10-15(11-17(12-16)25-2)19(23)21-9-3-4-13-5-7-14(8-6-13)18(20)22/h5-8,10-12H,9H2,1-2H3,(H2,20,22)(H,21,23). The quantitative estimate of drug-likeness (QED) is 0.810. The van der Waals surface area contributed by atoms with Crippen molar-refractivity contribution in [2.24, 2.45) is 5.73 Å². The Bertz CT molecular complexity index is 810. The first-order valence-electron chi connectivity index (χ1n) is 7.43. The van der Waals surface area contributed by atoms with E-state index in [1.165, 1.54) is 14.2 Å². The Kier molecular flexibility index (Phi) is 6.02. The summed E-state index contributed by atoms with van der Waals surface area (Å²) in [5.41, 5.74) is 6.74. The van der Waals surface area contributed by atoms with E-state index >= 15 is 0 Å². The van der Waals surface area contributed by atoms with Gasteiger partial charge < -0.3 is 20.5 Å². The number of nitrogens with two attached hydrogens (primary N) is 1. The number of carbonyl (C=O) groups is 2. The summed E-state index contributed by atoms with van der Waals surface area (Å²) in [4.78, 5) is 23.2. The van der Waals surface area contributed by atoms with Gasteiger partial charge in [-0.15, -0.1) is 0 Å². The van der Waals surface area contributed by atoms with Gasteiger partial charge in [-0.25, -0.2) is 0 Å². The molecule has 3 N–H and O–H groups in total. The van der Waals surface area contributed by atoms with Gasteiger partial charge in [-0.2, -0.15) is 0 Å². The number of amides is 2. The van der Waals surface area contributed by atoms with Crippen molar-refractivity contribution in [3.05, 3.63) is 59.2 Å². The number of methoxy groups -OCH3 is 2. The van der Waals surface area contributed by atoms with Crippen molar-refractivity contribution < 1.29 is 19.1 Å². The molecule has 0 saturated heterocycles. The lowest BCUT2D eigenvalue weighted by Gasteiger charge is -2.07. The second-order valence-electron chi connectivity index (χ2n) is 5.03. The van der Waals surface area contributed by atoms with Gasteiger partial charge in [0, 0.05) is 22.8 Å². The summed E-state index contributed by atoms with van der Waals surface area (Å²) < 4.78 is 10.3. The predicted octanol–water partition coefficient (Wildman–Crippen LogP) is 1.58. The highest BCUT2D eigenvalue weighted by molar-refractivity contribution is 5.95. The van der Waals surface area contributed by atoms with Gasteiger partial charge in [0.05, 0.1) is 20.8 Å². The van der Waals surface area contributed by atoms with Gasteiger partial charge in [0.25, 0.3) is 5.91 Å². The lowest BCUT2D eigenvalue weighted by Crippen LogP contribution is -2.23. The molecule has 0 atom stereocenters. The van der Waals surface area contributed by atoms with Gasteiger partial charge in [0.2, 0.25) is 5.91 Å². The summed E-state index contributed by atoms with van der Waals surface area (Å²) in [5, 5.41) is 2.70. The van der Waals surface area contributed by atoms with E-state index in [4.69, 9.17) is 15.2 Å². The summed E-state index contributed by atoms with van der Waals surface area (Å²) in [7, 11) is 3.04. The lowest BCUT2D eigenvalue weighted by molar-refractivity contribution is 0.0956. The molecule has 0 aliphatic rings. The van der Waals surface area contributed by atoms with Crippen LogP contribution in [0.5, 0.6) is 11.5 Å². The molecule has 0 spiro atoms. The first-order valence-corrected chi connectivity index (χ1v) is 7.43. The molecule has 6 heteroatoms. The number of nitrogens with one attached hydrogen (secondary N) is 1. The minimum atomic E-state index is -0.486. The average molecular weight is 338 g/mol. The average Bonchev–Trinajstić information content (AvgIpc) is 2.64. The zero-order valence-electron chi connectivity index (χ0n) is 14.0. The third-order valence-corrected chi connectivity index (χ3v) is 3.35. The molecule has 25 heavy (non-hydrogen) atoms. The fourth-order valence-corrected chi connectivity index (χ4v) is 2.03. The van der Waals surface area contributed by atoms with Crippen molar-refractivity contribution in [2.75, 3.05) is 20.8 Å². The summed E-state index contributed by atoms with van der Waals surface area (Å²) in [6.07, 6.45) is 0. The Labute approximate surface area is 145 Å². The molecule has 0 radical (unpaired) electrons. The smallest absolute Gasteiger partial charge is 0.252 e. The SMILES string of the molecule is COc1cc(OC)cc(C(=O)NCC#Cc2ccc(C(N)=O)cc2)c1. The molecule has 0 aromatic heterocycles. The summed E-state index contributed by atoms with van der Waals surface area (Å²) in [6, 6.07) is 11.5. The fourth-order valence-electron chi connectivity index (χ4n) is 2.03. The van der Waals surface area contributed by atoms with Gasteiger partial charge in [0.1, 0.15) is 11.5 Å². The summed E-state index contributed by atoms with van der Waals surface area (Å²) in [5.74, 6) is 6.04. The summed E-state index contributed by atoms with van der Waals surface area (Å²) in [6.45, 7) is 0.177. The van der Waals surface area contributed by atoms with E-state index in [1.54, 1.807) is 42.5 Å². The highest BCUT2D eigenvalue weighted by Gasteiger charge is 2.08. The van der Waals surface area contributed by atoms with Crippen molar-refractivity contribution in [1.82, 2.24) is 5.32 Å². The zero-order valence-corrected chi connectivity index (χ0v) is 14.0. The normalized spacial score (nSPS) is 9.52. The van der Waals surface area contributed by atoms with E-state index in [1.807, 2.05) is 0 Å². The Balaban J connectivity index is 1.98. The van der Waals surface area contributed by atoms with Gasteiger partial charge in [-0.3, -0.25) is 9.59 Å². The number of ether oxygens (including phenoxy) is 2. The highest BCUT2D eigenvalue weighted by Crippen LogP contribution is 2.22. The number of carbonyl (C=O) groups excluding carboxylic acids is 2. The number of benzene rings is 2. The van der Waals surface area contributed by atoms with E-state index < -0.39 is 5.91 Å². The van der Waals surface area contributed by atoms with Gasteiger partial charge >= 0.3 is 0 Å². The lowest BCUT2D eigenvalue weighted by atomic mass is 10.1. The molecule has 0 unspecified atom stereocenters. The Morgan fingerprint density at radius 2 is 1.60 bits per heavy atom. The number of rotatable bonds is 5. The fraction of sp³-hybridized carbons (Fsp3) is 0.158. The predicted molar refractivity (Wildman–Crippen MR) is 93.7 cm³/mol. The molecule has 6 nitrogen and oxygen atoms in total. The molecular weight excluding hydrogens is 320 g/mol. The largest absolute Gasteiger partial charge is 0.497 e. The third-order valence-electron chi connectivity index (χ3n) is 3.35. The van der Waals surface area contributed by atoms with Crippen molar-refractivity contribution in [1.29, 1.82) is 0 Å². The maximum atomic E-state index is 12.2. The van der Waals surface area contributed by atoms with Gasteiger partial charge in [0.15, 0.2) is 0 Å². The first kappa shape index (κ1) is 17.9. The monoisotopic (exact) mass is 338 g/mol. The van der Waals surface area contributed by atoms with E-state index in [0.29, 0.717) is 22.6 Å². The third kappa shape index (κ3) is 5.01. The van der Waals surface area contributed by atoms with Crippen LogP contribution < -0.4 is 20.5 Å². The van der Waals surface area contributed by atoms with Crippen LogP contribution in [-0.4, -0.2) is 32.6 Å². The topological polar surface area (TPSA) is 90.7 Å². The molecule has 0 saturated carbocycles. The molecule has 2 aromatic rings. The highest BCUT2D eigenvalue weighted by atomic mass is 16.5. The van der Waals surface area contributed by atoms with Gasteiger partial charge in [-0.1, -0.05) is 11.8 Å². The van der Waals surface area contributed by atoms with E-state index in [9.17, 15) is 9.59 Å².